The van der Waals surface area contributed by atoms with Crippen LogP contribution in [0.15, 0.2) is 48.5 Å². The fourth-order valence-corrected chi connectivity index (χ4v) is 3.81. The van der Waals surface area contributed by atoms with Crippen molar-refractivity contribution >= 4 is 29.0 Å². The molecule has 1 N–H and O–H groups in total. The number of hydrogen-bond donors (Lipinski definition) is 1. The van der Waals surface area contributed by atoms with Crippen molar-refractivity contribution in [3.63, 3.8) is 0 Å². The highest BCUT2D eigenvalue weighted by molar-refractivity contribution is 7.99. The molecule has 1 amide bonds. The lowest BCUT2D eigenvalue weighted by Crippen LogP contribution is -2.23. The minimum atomic E-state index is -0.0826. The molecule has 3 nitrogen and oxygen atoms in total. The molecule has 0 radical (unpaired) electrons. The lowest BCUT2D eigenvalue weighted by Gasteiger charge is -2.18. The molecule has 0 aliphatic carbocycles. The molecule has 2 aromatic rings. The van der Waals surface area contributed by atoms with Crippen LogP contribution in [-0.2, 0) is 17.0 Å². The van der Waals surface area contributed by atoms with E-state index in [2.05, 4.69) is 41.4 Å². The third-order valence-corrected chi connectivity index (χ3v) is 5.65. The molecule has 0 saturated carbocycles. The Morgan fingerprint density at radius 2 is 2.04 bits per heavy atom. The first-order chi connectivity index (χ1) is 11.7. The standard InChI is InChI=1S/C20H24N2OS/c1-3-22-12-11-17-9-10-18(13-19(17)22)21-20(23)15(2)24-14-16-7-5-4-6-8-16/h4-10,13,15H,3,11-12,14H2,1-2H3,(H,21,23). The van der Waals surface area contributed by atoms with E-state index in [9.17, 15) is 4.79 Å². The molecule has 0 spiro atoms. The van der Waals surface area contributed by atoms with Crippen LogP contribution in [0.5, 0.6) is 0 Å². The van der Waals surface area contributed by atoms with Crippen molar-refractivity contribution in [1.29, 1.82) is 0 Å². The number of hydrogen-bond acceptors (Lipinski definition) is 3. The van der Waals surface area contributed by atoms with Crippen molar-refractivity contribution in [2.24, 2.45) is 0 Å². The van der Waals surface area contributed by atoms with Gasteiger partial charge in [0.05, 0.1) is 5.25 Å². The second kappa shape index (κ2) is 7.75. The molecule has 3 rings (SSSR count). The number of nitrogens with one attached hydrogen (secondary N) is 1. The van der Waals surface area contributed by atoms with Gasteiger partial charge in [-0.05, 0) is 43.5 Å². The third kappa shape index (κ3) is 3.93. The average molecular weight is 340 g/mol. The van der Waals surface area contributed by atoms with Gasteiger partial charge in [-0.3, -0.25) is 4.79 Å². The molecule has 1 heterocycles. The summed E-state index contributed by atoms with van der Waals surface area (Å²) in [6.07, 6.45) is 1.10. The fourth-order valence-electron chi connectivity index (χ4n) is 2.97. The summed E-state index contributed by atoms with van der Waals surface area (Å²) in [5, 5.41) is 2.98. The minimum Gasteiger partial charge on any atom is -0.371 e. The van der Waals surface area contributed by atoms with Gasteiger partial charge < -0.3 is 10.2 Å². The van der Waals surface area contributed by atoms with Gasteiger partial charge in [0.1, 0.15) is 0 Å². The van der Waals surface area contributed by atoms with Crippen molar-refractivity contribution in [2.45, 2.75) is 31.3 Å². The van der Waals surface area contributed by atoms with Crippen LogP contribution < -0.4 is 10.2 Å². The van der Waals surface area contributed by atoms with Crippen LogP contribution in [0.4, 0.5) is 11.4 Å². The van der Waals surface area contributed by atoms with Crippen molar-refractivity contribution in [3.8, 4) is 0 Å². The highest BCUT2D eigenvalue weighted by Gasteiger charge is 2.19. The van der Waals surface area contributed by atoms with E-state index in [-0.39, 0.29) is 11.2 Å². The quantitative estimate of drug-likeness (QED) is 0.849. The van der Waals surface area contributed by atoms with Gasteiger partial charge in [0.25, 0.3) is 0 Å². The van der Waals surface area contributed by atoms with E-state index in [0.717, 1.165) is 31.0 Å². The number of benzene rings is 2. The SMILES string of the molecule is CCN1CCc2ccc(NC(=O)C(C)SCc3ccccc3)cc21. The van der Waals surface area contributed by atoms with Gasteiger partial charge in [0.15, 0.2) is 0 Å². The molecule has 4 heteroatoms. The second-order valence-corrected chi connectivity index (χ2v) is 7.43. The molecule has 1 atom stereocenters. The highest BCUT2D eigenvalue weighted by atomic mass is 32.2. The highest BCUT2D eigenvalue weighted by Crippen LogP contribution is 2.30. The summed E-state index contributed by atoms with van der Waals surface area (Å²) in [7, 11) is 0. The maximum absolute atomic E-state index is 12.4. The van der Waals surface area contributed by atoms with E-state index in [0.29, 0.717) is 0 Å². The Kier molecular flexibility index (Phi) is 5.46. The van der Waals surface area contributed by atoms with Crippen molar-refractivity contribution in [3.05, 3.63) is 59.7 Å². The molecule has 1 unspecified atom stereocenters. The first-order valence-corrected chi connectivity index (χ1v) is 9.56. The molecule has 0 saturated heterocycles. The van der Waals surface area contributed by atoms with Crippen LogP contribution in [0.3, 0.4) is 0 Å². The van der Waals surface area contributed by atoms with Crippen molar-refractivity contribution < 1.29 is 4.79 Å². The number of fused-ring (bicyclic) bond motifs is 1. The van der Waals surface area contributed by atoms with E-state index in [1.54, 1.807) is 11.8 Å². The number of carbonyl (C=O) groups is 1. The Bertz CT molecular complexity index is 702. The van der Waals surface area contributed by atoms with Gasteiger partial charge in [-0.1, -0.05) is 36.4 Å². The smallest absolute Gasteiger partial charge is 0.237 e. The molecular weight excluding hydrogens is 316 g/mol. The predicted molar refractivity (Wildman–Crippen MR) is 104 cm³/mol. The third-order valence-electron chi connectivity index (χ3n) is 4.44. The summed E-state index contributed by atoms with van der Waals surface area (Å²) in [5.41, 5.74) is 4.78. The Labute approximate surface area is 148 Å². The fraction of sp³-hybridized carbons (Fsp3) is 0.350. The summed E-state index contributed by atoms with van der Waals surface area (Å²) in [5.74, 6) is 0.917. The molecule has 1 aliphatic rings. The molecule has 0 bridgehead atoms. The zero-order valence-corrected chi connectivity index (χ0v) is 15.1. The van der Waals surface area contributed by atoms with E-state index in [1.165, 1.54) is 16.8 Å². The van der Waals surface area contributed by atoms with E-state index in [1.807, 2.05) is 31.2 Å². The van der Waals surface area contributed by atoms with Crippen LogP contribution >= 0.6 is 11.8 Å². The number of nitrogens with zero attached hydrogens (tertiary/aromatic N) is 1. The van der Waals surface area contributed by atoms with Crippen LogP contribution in [-0.4, -0.2) is 24.2 Å². The molecule has 0 fully saturated rings. The van der Waals surface area contributed by atoms with Crippen LogP contribution in [0.25, 0.3) is 0 Å². The van der Waals surface area contributed by atoms with Crippen LogP contribution in [0, 0.1) is 0 Å². The number of likely N-dealkylation sites (N-methyl/N-ethyl adjacent to an activating group) is 1. The summed E-state index contributed by atoms with van der Waals surface area (Å²) < 4.78 is 0. The van der Waals surface area contributed by atoms with Gasteiger partial charge in [-0.15, -0.1) is 11.8 Å². The summed E-state index contributed by atoms with van der Waals surface area (Å²) in [6, 6.07) is 16.5. The van der Waals surface area contributed by atoms with Gasteiger partial charge in [-0.2, -0.15) is 0 Å². The maximum Gasteiger partial charge on any atom is 0.237 e. The maximum atomic E-state index is 12.4. The number of thioether (sulfide) groups is 1. The van der Waals surface area contributed by atoms with Crippen LogP contribution in [0.2, 0.25) is 0 Å². The zero-order chi connectivity index (χ0) is 16.9. The number of amides is 1. The Balaban J connectivity index is 1.58. The first-order valence-electron chi connectivity index (χ1n) is 8.51. The van der Waals surface area contributed by atoms with Crippen molar-refractivity contribution in [2.75, 3.05) is 23.3 Å². The Hall–Kier alpha value is -1.94. The summed E-state index contributed by atoms with van der Waals surface area (Å²) in [6.45, 7) is 6.22. The van der Waals surface area contributed by atoms with Gasteiger partial charge in [0.2, 0.25) is 5.91 Å². The van der Waals surface area contributed by atoms with Gasteiger partial charge in [0, 0.05) is 30.2 Å². The molecule has 126 valence electrons. The molecule has 24 heavy (non-hydrogen) atoms. The molecule has 1 aliphatic heterocycles. The summed E-state index contributed by atoms with van der Waals surface area (Å²) in [4.78, 5) is 14.8. The van der Waals surface area contributed by atoms with Crippen molar-refractivity contribution in [1.82, 2.24) is 0 Å². The lowest BCUT2D eigenvalue weighted by molar-refractivity contribution is -0.115. The topological polar surface area (TPSA) is 32.3 Å². The number of anilines is 2. The average Bonchev–Trinajstić information content (AvgIpc) is 3.02. The first kappa shape index (κ1) is 16.9. The molecule has 0 aromatic heterocycles. The summed E-state index contributed by atoms with van der Waals surface area (Å²) >= 11 is 1.66. The predicted octanol–water partition coefficient (Wildman–Crippen LogP) is 4.33. The normalized spacial score (nSPS) is 14.3. The monoisotopic (exact) mass is 340 g/mol. The minimum absolute atomic E-state index is 0.0666. The molecule has 2 aromatic carbocycles. The van der Waals surface area contributed by atoms with Crippen LogP contribution in [0.1, 0.15) is 25.0 Å². The van der Waals surface area contributed by atoms with E-state index < -0.39 is 0 Å². The molecular formula is C20H24N2OS. The second-order valence-electron chi connectivity index (χ2n) is 6.10. The van der Waals surface area contributed by atoms with Gasteiger partial charge in [-0.25, -0.2) is 0 Å². The largest absolute Gasteiger partial charge is 0.371 e. The zero-order valence-electron chi connectivity index (χ0n) is 14.3. The number of carbonyl (C=O) groups excluding carboxylic acids is 1. The van der Waals surface area contributed by atoms with Gasteiger partial charge >= 0.3 is 0 Å². The Morgan fingerprint density at radius 1 is 1.25 bits per heavy atom. The number of rotatable bonds is 6. The van der Waals surface area contributed by atoms with E-state index >= 15 is 0 Å². The Morgan fingerprint density at radius 3 is 2.79 bits per heavy atom. The lowest BCUT2D eigenvalue weighted by atomic mass is 10.1. The van der Waals surface area contributed by atoms with E-state index in [4.69, 9.17) is 0 Å².